The molecule has 4 rings (SSSR count). The Hall–Kier alpha value is -2.41. The second-order valence-corrected chi connectivity index (χ2v) is 9.19. The van der Waals surface area contributed by atoms with Crippen LogP contribution in [0.2, 0.25) is 0 Å². The lowest BCUT2D eigenvalue weighted by molar-refractivity contribution is -0.133. The maximum atomic E-state index is 13.1. The molecule has 0 spiro atoms. The van der Waals surface area contributed by atoms with Gasteiger partial charge in [-0.1, -0.05) is 41.6 Å². The van der Waals surface area contributed by atoms with Gasteiger partial charge in [0.05, 0.1) is 0 Å². The van der Waals surface area contributed by atoms with Crippen LogP contribution >= 0.6 is 15.9 Å². The molecular formula is C24H28BrN3O3. The van der Waals surface area contributed by atoms with E-state index in [1.54, 1.807) is 23.2 Å². The van der Waals surface area contributed by atoms with Crippen molar-refractivity contribution in [1.82, 2.24) is 14.8 Å². The highest BCUT2D eigenvalue weighted by Crippen LogP contribution is 2.29. The third kappa shape index (κ3) is 5.64. The van der Waals surface area contributed by atoms with E-state index in [1.807, 2.05) is 29.2 Å². The summed E-state index contributed by atoms with van der Waals surface area (Å²) in [6, 6.07) is 10.9. The van der Waals surface area contributed by atoms with Gasteiger partial charge in [-0.05, 0) is 48.7 Å². The van der Waals surface area contributed by atoms with E-state index in [2.05, 4.69) is 20.9 Å². The van der Waals surface area contributed by atoms with Crippen LogP contribution < -0.4 is 4.74 Å². The van der Waals surface area contributed by atoms with Crippen LogP contribution in [0.1, 0.15) is 48.9 Å². The van der Waals surface area contributed by atoms with E-state index in [-0.39, 0.29) is 11.8 Å². The van der Waals surface area contributed by atoms with Crippen molar-refractivity contribution in [2.45, 2.75) is 38.5 Å². The van der Waals surface area contributed by atoms with Gasteiger partial charge in [0.2, 0.25) is 11.8 Å². The van der Waals surface area contributed by atoms with Gasteiger partial charge in [-0.15, -0.1) is 0 Å². The molecule has 1 aromatic carbocycles. The third-order valence-corrected chi connectivity index (χ3v) is 6.72. The largest absolute Gasteiger partial charge is 0.438 e. The van der Waals surface area contributed by atoms with Gasteiger partial charge >= 0.3 is 0 Å². The van der Waals surface area contributed by atoms with Crippen LogP contribution in [0.4, 0.5) is 0 Å². The molecular weight excluding hydrogens is 458 g/mol. The summed E-state index contributed by atoms with van der Waals surface area (Å²) >= 11 is 3.40. The van der Waals surface area contributed by atoms with Crippen molar-refractivity contribution < 1.29 is 14.3 Å². The highest BCUT2D eigenvalue weighted by atomic mass is 79.9. The summed E-state index contributed by atoms with van der Waals surface area (Å²) in [6.07, 6.45) is 8.41. The molecule has 0 radical (unpaired) electrons. The summed E-state index contributed by atoms with van der Waals surface area (Å²) in [5.74, 6) is 1.75. The zero-order valence-electron chi connectivity index (χ0n) is 17.6. The molecule has 2 aromatic rings. The fourth-order valence-corrected chi connectivity index (χ4v) is 4.63. The molecule has 7 heteroatoms. The molecule has 164 valence electrons. The van der Waals surface area contributed by atoms with E-state index in [1.165, 1.54) is 25.7 Å². The highest BCUT2D eigenvalue weighted by Gasteiger charge is 2.27. The van der Waals surface area contributed by atoms with Gasteiger partial charge in [-0.2, -0.15) is 0 Å². The fraction of sp³-hybridized carbons (Fsp3) is 0.458. The molecule has 1 aliphatic heterocycles. The number of hydrogen-bond acceptors (Lipinski definition) is 4. The van der Waals surface area contributed by atoms with Crippen LogP contribution in [0.25, 0.3) is 0 Å². The van der Waals surface area contributed by atoms with Crippen LogP contribution in [-0.4, -0.2) is 52.8 Å². The standard InChI is InChI=1S/C24H28BrN3O3/c25-19-8-10-20(11-9-19)31-23-21(6-3-13-26-23)24(30)28-16-14-27(15-17-28)22(29)12-7-18-4-1-2-5-18/h3,6,8-11,13,18H,1-2,4-5,7,12,14-17H2. The molecule has 1 aromatic heterocycles. The molecule has 0 N–H and O–H groups in total. The first-order chi connectivity index (χ1) is 15.1. The van der Waals surface area contributed by atoms with Gasteiger partial charge in [0, 0.05) is 43.3 Å². The lowest BCUT2D eigenvalue weighted by atomic mass is 10.0. The quantitative estimate of drug-likeness (QED) is 0.584. The molecule has 0 bridgehead atoms. The van der Waals surface area contributed by atoms with E-state index in [9.17, 15) is 9.59 Å². The van der Waals surface area contributed by atoms with Crippen molar-refractivity contribution in [3.63, 3.8) is 0 Å². The fourth-order valence-electron chi connectivity index (χ4n) is 4.36. The van der Waals surface area contributed by atoms with Gasteiger partial charge in [-0.3, -0.25) is 9.59 Å². The van der Waals surface area contributed by atoms with Crippen LogP contribution in [0, 0.1) is 5.92 Å². The summed E-state index contributed by atoms with van der Waals surface area (Å²) in [4.78, 5) is 33.7. The van der Waals surface area contributed by atoms with Gasteiger partial charge in [0.15, 0.2) is 0 Å². The molecule has 2 heterocycles. The normalized spacial score (nSPS) is 17.1. The van der Waals surface area contributed by atoms with Crippen molar-refractivity contribution in [1.29, 1.82) is 0 Å². The number of nitrogens with zero attached hydrogens (tertiary/aromatic N) is 3. The maximum Gasteiger partial charge on any atom is 0.259 e. The smallest absolute Gasteiger partial charge is 0.259 e. The van der Waals surface area contributed by atoms with E-state index in [0.29, 0.717) is 49.8 Å². The number of benzene rings is 1. The molecule has 1 aliphatic carbocycles. The summed E-state index contributed by atoms with van der Waals surface area (Å²) in [6.45, 7) is 2.22. The minimum Gasteiger partial charge on any atom is -0.438 e. The first kappa shape index (κ1) is 21.8. The Morgan fingerprint density at radius 3 is 2.39 bits per heavy atom. The Kier molecular flexibility index (Phi) is 7.22. The van der Waals surface area contributed by atoms with Crippen molar-refractivity contribution in [3.05, 3.63) is 52.6 Å². The number of rotatable bonds is 6. The molecule has 2 aliphatic rings. The summed E-state index contributed by atoms with van der Waals surface area (Å²) in [5, 5.41) is 0. The SMILES string of the molecule is O=C(CCC1CCCC1)N1CCN(C(=O)c2cccnc2Oc2ccc(Br)cc2)CC1. The van der Waals surface area contributed by atoms with Crippen LogP contribution in [0.15, 0.2) is 47.1 Å². The predicted octanol–water partition coefficient (Wildman–Crippen LogP) is 4.89. The van der Waals surface area contributed by atoms with Crippen molar-refractivity contribution >= 4 is 27.7 Å². The molecule has 31 heavy (non-hydrogen) atoms. The zero-order valence-corrected chi connectivity index (χ0v) is 19.2. The molecule has 1 saturated heterocycles. The Morgan fingerprint density at radius 2 is 1.68 bits per heavy atom. The van der Waals surface area contributed by atoms with Crippen LogP contribution in [0.5, 0.6) is 11.6 Å². The minimum absolute atomic E-state index is 0.113. The molecule has 1 saturated carbocycles. The molecule has 2 amide bonds. The number of amides is 2. The number of hydrogen-bond donors (Lipinski definition) is 0. The minimum atomic E-state index is -0.113. The Balaban J connectivity index is 1.33. The number of carbonyl (C=O) groups excluding carboxylic acids is 2. The number of carbonyl (C=O) groups is 2. The lowest BCUT2D eigenvalue weighted by Crippen LogP contribution is -2.50. The number of piperazine rings is 1. The van der Waals surface area contributed by atoms with Crippen molar-refractivity contribution in [2.75, 3.05) is 26.2 Å². The van der Waals surface area contributed by atoms with Crippen molar-refractivity contribution in [2.24, 2.45) is 5.92 Å². The molecule has 0 atom stereocenters. The van der Waals surface area contributed by atoms with Gasteiger partial charge in [0.25, 0.3) is 5.91 Å². The Morgan fingerprint density at radius 1 is 1.00 bits per heavy atom. The summed E-state index contributed by atoms with van der Waals surface area (Å²) in [7, 11) is 0. The molecule has 6 nitrogen and oxygen atoms in total. The highest BCUT2D eigenvalue weighted by molar-refractivity contribution is 9.10. The van der Waals surface area contributed by atoms with Gasteiger partial charge in [0.1, 0.15) is 11.3 Å². The van der Waals surface area contributed by atoms with E-state index in [0.717, 1.165) is 16.8 Å². The number of pyridine rings is 1. The van der Waals surface area contributed by atoms with E-state index >= 15 is 0 Å². The topological polar surface area (TPSA) is 62.7 Å². The average molecular weight is 486 g/mol. The average Bonchev–Trinajstić information content (AvgIpc) is 3.33. The van der Waals surface area contributed by atoms with E-state index in [4.69, 9.17) is 4.74 Å². The third-order valence-electron chi connectivity index (χ3n) is 6.19. The predicted molar refractivity (Wildman–Crippen MR) is 122 cm³/mol. The molecule has 0 unspecified atom stereocenters. The maximum absolute atomic E-state index is 13.1. The first-order valence-electron chi connectivity index (χ1n) is 11.1. The van der Waals surface area contributed by atoms with Gasteiger partial charge in [-0.25, -0.2) is 4.98 Å². The number of aromatic nitrogens is 1. The van der Waals surface area contributed by atoms with Gasteiger partial charge < -0.3 is 14.5 Å². The lowest BCUT2D eigenvalue weighted by Gasteiger charge is -2.35. The summed E-state index contributed by atoms with van der Waals surface area (Å²) in [5.41, 5.74) is 0.437. The summed E-state index contributed by atoms with van der Waals surface area (Å²) < 4.78 is 6.82. The number of halogens is 1. The Labute approximate surface area is 191 Å². The van der Waals surface area contributed by atoms with E-state index < -0.39 is 0 Å². The second kappa shape index (κ2) is 10.3. The zero-order chi connectivity index (χ0) is 21.6. The van der Waals surface area contributed by atoms with Crippen LogP contribution in [-0.2, 0) is 4.79 Å². The van der Waals surface area contributed by atoms with Crippen molar-refractivity contribution in [3.8, 4) is 11.6 Å². The second-order valence-electron chi connectivity index (χ2n) is 8.27. The molecule has 2 fully saturated rings. The number of ether oxygens (including phenoxy) is 1. The first-order valence-corrected chi connectivity index (χ1v) is 11.8. The monoisotopic (exact) mass is 485 g/mol. The van der Waals surface area contributed by atoms with Crippen LogP contribution in [0.3, 0.4) is 0 Å². The Bertz CT molecular complexity index is 905.